The van der Waals surface area contributed by atoms with Crippen molar-refractivity contribution in [2.24, 2.45) is 11.8 Å². The standard InChI is InChI=1S/C17H28N2O/c1-13(2)14-5-4-9-19(10-8-14)12-15-6-7-16(20-3)11-17(15)18/h6-7,11,13-14H,4-5,8-10,12,18H2,1-3H3. The number of anilines is 1. The molecule has 0 radical (unpaired) electrons. The summed E-state index contributed by atoms with van der Waals surface area (Å²) < 4.78 is 5.21. The monoisotopic (exact) mass is 276 g/mol. The Hall–Kier alpha value is -1.22. The van der Waals surface area contributed by atoms with Crippen LogP contribution in [0, 0.1) is 11.8 Å². The molecule has 2 rings (SSSR count). The molecule has 1 heterocycles. The van der Waals surface area contributed by atoms with Crippen molar-refractivity contribution in [3.63, 3.8) is 0 Å². The summed E-state index contributed by atoms with van der Waals surface area (Å²) in [6.07, 6.45) is 3.99. The third-order valence-electron chi connectivity index (χ3n) is 4.56. The maximum Gasteiger partial charge on any atom is 0.120 e. The highest BCUT2D eigenvalue weighted by Gasteiger charge is 2.19. The van der Waals surface area contributed by atoms with Gasteiger partial charge in [0.05, 0.1) is 7.11 Å². The van der Waals surface area contributed by atoms with Crippen molar-refractivity contribution in [2.75, 3.05) is 25.9 Å². The van der Waals surface area contributed by atoms with E-state index >= 15 is 0 Å². The van der Waals surface area contributed by atoms with E-state index in [-0.39, 0.29) is 0 Å². The lowest BCUT2D eigenvalue weighted by molar-refractivity contribution is 0.265. The molecular formula is C17H28N2O. The second kappa shape index (κ2) is 6.98. The zero-order chi connectivity index (χ0) is 14.5. The second-order valence-corrected chi connectivity index (χ2v) is 6.28. The summed E-state index contributed by atoms with van der Waals surface area (Å²) in [5, 5.41) is 0. The SMILES string of the molecule is COc1ccc(CN2CCCC(C(C)C)CC2)c(N)c1. The van der Waals surface area contributed by atoms with Crippen molar-refractivity contribution >= 4 is 5.69 Å². The molecule has 1 unspecified atom stereocenters. The lowest BCUT2D eigenvalue weighted by Crippen LogP contribution is -2.25. The van der Waals surface area contributed by atoms with E-state index in [0.29, 0.717) is 0 Å². The minimum atomic E-state index is 0.806. The second-order valence-electron chi connectivity index (χ2n) is 6.28. The molecule has 3 nitrogen and oxygen atoms in total. The summed E-state index contributed by atoms with van der Waals surface area (Å²) in [6, 6.07) is 6.02. The molecule has 112 valence electrons. The quantitative estimate of drug-likeness (QED) is 0.855. The first kappa shape index (κ1) is 15.2. The van der Waals surface area contributed by atoms with Crippen LogP contribution in [-0.4, -0.2) is 25.1 Å². The molecule has 1 fully saturated rings. The molecular weight excluding hydrogens is 248 g/mol. The van der Waals surface area contributed by atoms with Gasteiger partial charge in [0, 0.05) is 18.3 Å². The van der Waals surface area contributed by atoms with Crippen LogP contribution in [0.25, 0.3) is 0 Å². The van der Waals surface area contributed by atoms with E-state index < -0.39 is 0 Å². The van der Waals surface area contributed by atoms with Crippen molar-refractivity contribution in [2.45, 2.75) is 39.7 Å². The Morgan fingerprint density at radius 2 is 2.10 bits per heavy atom. The van der Waals surface area contributed by atoms with Crippen LogP contribution < -0.4 is 10.5 Å². The molecule has 1 aromatic carbocycles. The van der Waals surface area contributed by atoms with Gasteiger partial charge >= 0.3 is 0 Å². The van der Waals surface area contributed by atoms with Gasteiger partial charge in [-0.05, 0) is 55.8 Å². The van der Waals surface area contributed by atoms with Crippen LogP contribution in [0.2, 0.25) is 0 Å². The van der Waals surface area contributed by atoms with Crippen molar-refractivity contribution in [1.29, 1.82) is 0 Å². The molecule has 2 N–H and O–H groups in total. The van der Waals surface area contributed by atoms with Gasteiger partial charge in [0.15, 0.2) is 0 Å². The minimum Gasteiger partial charge on any atom is -0.497 e. The van der Waals surface area contributed by atoms with Crippen LogP contribution in [0.1, 0.15) is 38.7 Å². The molecule has 0 bridgehead atoms. The summed E-state index contributed by atoms with van der Waals surface area (Å²) >= 11 is 0. The number of likely N-dealkylation sites (tertiary alicyclic amines) is 1. The number of nitrogen functional groups attached to an aromatic ring is 1. The summed E-state index contributed by atoms with van der Waals surface area (Å²) in [5.41, 5.74) is 8.18. The lowest BCUT2D eigenvalue weighted by Gasteiger charge is -2.22. The van der Waals surface area contributed by atoms with Gasteiger partial charge in [-0.1, -0.05) is 19.9 Å². The predicted molar refractivity (Wildman–Crippen MR) is 84.9 cm³/mol. The Kier molecular flexibility index (Phi) is 5.30. The average Bonchev–Trinajstić information content (AvgIpc) is 2.66. The molecule has 0 spiro atoms. The van der Waals surface area contributed by atoms with Crippen molar-refractivity contribution in [3.05, 3.63) is 23.8 Å². The highest BCUT2D eigenvalue weighted by atomic mass is 16.5. The van der Waals surface area contributed by atoms with Crippen molar-refractivity contribution in [1.82, 2.24) is 4.90 Å². The smallest absolute Gasteiger partial charge is 0.120 e. The van der Waals surface area contributed by atoms with E-state index in [0.717, 1.165) is 29.8 Å². The Balaban J connectivity index is 1.96. The summed E-state index contributed by atoms with van der Waals surface area (Å²) in [5.74, 6) is 2.52. The number of hydrogen-bond acceptors (Lipinski definition) is 3. The molecule has 0 aromatic heterocycles. The van der Waals surface area contributed by atoms with Crippen molar-refractivity contribution in [3.8, 4) is 5.75 Å². The predicted octanol–water partition coefficient (Wildman–Crippen LogP) is 3.54. The molecule has 1 saturated heterocycles. The van der Waals surface area contributed by atoms with Crippen LogP contribution in [0.3, 0.4) is 0 Å². The largest absolute Gasteiger partial charge is 0.497 e. The van der Waals surface area contributed by atoms with Gasteiger partial charge in [0.1, 0.15) is 5.75 Å². The molecule has 20 heavy (non-hydrogen) atoms. The van der Waals surface area contributed by atoms with Crippen LogP contribution in [0.5, 0.6) is 5.75 Å². The Morgan fingerprint density at radius 1 is 1.30 bits per heavy atom. The number of nitrogens with zero attached hydrogens (tertiary/aromatic N) is 1. The van der Waals surface area contributed by atoms with E-state index in [1.165, 1.54) is 37.9 Å². The highest BCUT2D eigenvalue weighted by Crippen LogP contribution is 2.26. The summed E-state index contributed by atoms with van der Waals surface area (Å²) in [4.78, 5) is 2.54. The maximum absolute atomic E-state index is 6.12. The maximum atomic E-state index is 6.12. The number of benzene rings is 1. The van der Waals surface area contributed by atoms with Crippen LogP contribution in [0.15, 0.2) is 18.2 Å². The summed E-state index contributed by atoms with van der Waals surface area (Å²) in [7, 11) is 1.68. The molecule has 0 aliphatic carbocycles. The molecule has 1 aliphatic rings. The third-order valence-corrected chi connectivity index (χ3v) is 4.56. The Bertz CT molecular complexity index is 431. The first-order valence-corrected chi connectivity index (χ1v) is 7.75. The topological polar surface area (TPSA) is 38.5 Å². The molecule has 0 amide bonds. The van der Waals surface area contributed by atoms with Gasteiger partial charge in [-0.2, -0.15) is 0 Å². The third kappa shape index (κ3) is 3.89. The molecule has 0 saturated carbocycles. The van der Waals surface area contributed by atoms with E-state index in [4.69, 9.17) is 10.5 Å². The van der Waals surface area contributed by atoms with Crippen LogP contribution >= 0.6 is 0 Å². The fourth-order valence-corrected chi connectivity index (χ4v) is 3.09. The number of hydrogen-bond donors (Lipinski definition) is 1. The first-order valence-electron chi connectivity index (χ1n) is 7.75. The zero-order valence-corrected chi connectivity index (χ0v) is 13.1. The zero-order valence-electron chi connectivity index (χ0n) is 13.1. The summed E-state index contributed by atoms with van der Waals surface area (Å²) in [6.45, 7) is 8.03. The van der Waals surface area contributed by atoms with Crippen LogP contribution in [0.4, 0.5) is 5.69 Å². The fraction of sp³-hybridized carbons (Fsp3) is 0.647. The lowest BCUT2D eigenvalue weighted by atomic mass is 9.89. The highest BCUT2D eigenvalue weighted by molar-refractivity contribution is 5.51. The van der Waals surface area contributed by atoms with Gasteiger partial charge in [0.2, 0.25) is 0 Å². The normalized spacial score (nSPS) is 20.9. The molecule has 1 atom stereocenters. The Labute approximate surface area is 123 Å². The van der Waals surface area contributed by atoms with E-state index in [2.05, 4.69) is 24.8 Å². The Morgan fingerprint density at radius 3 is 2.75 bits per heavy atom. The first-order chi connectivity index (χ1) is 9.60. The number of methoxy groups -OCH3 is 1. The van der Waals surface area contributed by atoms with E-state index in [1.807, 2.05) is 12.1 Å². The average molecular weight is 276 g/mol. The van der Waals surface area contributed by atoms with Gasteiger partial charge < -0.3 is 10.5 Å². The van der Waals surface area contributed by atoms with Crippen LogP contribution in [-0.2, 0) is 6.54 Å². The molecule has 1 aliphatic heterocycles. The van der Waals surface area contributed by atoms with Gasteiger partial charge in [-0.15, -0.1) is 0 Å². The minimum absolute atomic E-state index is 0.806. The van der Waals surface area contributed by atoms with Gasteiger partial charge in [0.25, 0.3) is 0 Å². The van der Waals surface area contributed by atoms with E-state index in [1.54, 1.807) is 7.11 Å². The number of ether oxygens (including phenoxy) is 1. The number of nitrogens with two attached hydrogens (primary N) is 1. The van der Waals surface area contributed by atoms with E-state index in [9.17, 15) is 0 Å². The van der Waals surface area contributed by atoms with Gasteiger partial charge in [-0.3, -0.25) is 4.90 Å². The number of rotatable bonds is 4. The van der Waals surface area contributed by atoms with Gasteiger partial charge in [-0.25, -0.2) is 0 Å². The fourth-order valence-electron chi connectivity index (χ4n) is 3.09. The van der Waals surface area contributed by atoms with Crippen molar-refractivity contribution < 1.29 is 4.74 Å². The molecule has 1 aromatic rings. The molecule has 3 heteroatoms.